The van der Waals surface area contributed by atoms with E-state index in [2.05, 4.69) is 4.98 Å². The van der Waals surface area contributed by atoms with Crippen molar-refractivity contribution in [2.45, 2.75) is 20.0 Å². The average Bonchev–Trinajstić information content (AvgIpc) is 2.30. The van der Waals surface area contributed by atoms with Crippen LogP contribution >= 0.6 is 0 Å². The normalized spacial score (nSPS) is 12.9. The van der Waals surface area contributed by atoms with E-state index in [4.69, 9.17) is 15.3 Å². The molecule has 0 bridgehead atoms. The average molecular weight is 170 g/mol. The minimum atomic E-state index is -0.822. The molecule has 66 valence electrons. The van der Waals surface area contributed by atoms with Crippen molar-refractivity contribution in [1.82, 2.24) is 4.98 Å². The number of aromatic nitrogens is 1. The highest BCUT2D eigenvalue weighted by molar-refractivity contribution is 5.91. The molecule has 5 heteroatoms. The van der Waals surface area contributed by atoms with Gasteiger partial charge in [-0.25, -0.2) is 4.98 Å². The summed E-state index contributed by atoms with van der Waals surface area (Å²) in [4.78, 5) is 14.4. The Labute approximate surface area is 69.2 Å². The van der Waals surface area contributed by atoms with Crippen LogP contribution in [0.4, 0.5) is 0 Å². The number of primary amides is 1. The number of aryl methyl sites for hydroxylation is 1. The molecule has 0 fully saturated rings. The number of nitrogens with two attached hydrogens (primary N) is 1. The van der Waals surface area contributed by atoms with Crippen molar-refractivity contribution in [3.63, 3.8) is 0 Å². The number of hydrogen-bond donors (Lipinski definition) is 2. The number of oxazole rings is 1. The highest BCUT2D eigenvalue weighted by Gasteiger charge is 2.16. The standard InChI is InChI=1S/C7H10N2O3/c1-3(10)7-9-5(6(8)11)4(2)12-7/h3,10H,1-2H3,(H2,8,11). The number of amides is 1. The third-order valence-electron chi connectivity index (χ3n) is 1.40. The summed E-state index contributed by atoms with van der Waals surface area (Å²) in [5.41, 5.74) is 5.06. The number of aliphatic hydroxyl groups excluding tert-OH is 1. The summed E-state index contributed by atoms with van der Waals surface area (Å²) in [7, 11) is 0. The minimum Gasteiger partial charge on any atom is -0.442 e. The minimum absolute atomic E-state index is 0.0749. The van der Waals surface area contributed by atoms with Gasteiger partial charge in [0.2, 0.25) is 5.89 Å². The molecule has 12 heavy (non-hydrogen) atoms. The van der Waals surface area contributed by atoms with Crippen molar-refractivity contribution in [3.8, 4) is 0 Å². The monoisotopic (exact) mass is 170 g/mol. The van der Waals surface area contributed by atoms with E-state index in [1.807, 2.05) is 0 Å². The summed E-state index contributed by atoms with van der Waals surface area (Å²) in [5.74, 6) is -0.206. The first-order valence-corrected chi connectivity index (χ1v) is 3.47. The predicted molar refractivity (Wildman–Crippen MR) is 40.4 cm³/mol. The smallest absolute Gasteiger partial charge is 0.270 e. The molecule has 1 rings (SSSR count). The van der Waals surface area contributed by atoms with Crippen LogP contribution in [0.2, 0.25) is 0 Å². The van der Waals surface area contributed by atoms with Gasteiger partial charge in [-0.05, 0) is 13.8 Å². The third-order valence-corrected chi connectivity index (χ3v) is 1.40. The molecular weight excluding hydrogens is 160 g/mol. The Kier molecular flexibility index (Phi) is 2.14. The molecule has 1 unspecified atom stereocenters. The zero-order valence-electron chi connectivity index (χ0n) is 6.87. The lowest BCUT2D eigenvalue weighted by Gasteiger charge is -1.93. The number of rotatable bonds is 2. The van der Waals surface area contributed by atoms with Crippen molar-refractivity contribution in [3.05, 3.63) is 17.3 Å². The number of hydrogen-bond acceptors (Lipinski definition) is 4. The van der Waals surface area contributed by atoms with Crippen LogP contribution in [-0.4, -0.2) is 16.0 Å². The molecule has 1 aromatic rings. The van der Waals surface area contributed by atoms with Crippen LogP contribution in [0, 0.1) is 6.92 Å². The van der Waals surface area contributed by atoms with Crippen molar-refractivity contribution in [2.75, 3.05) is 0 Å². The van der Waals surface area contributed by atoms with Crippen molar-refractivity contribution in [1.29, 1.82) is 0 Å². The van der Waals surface area contributed by atoms with E-state index < -0.39 is 12.0 Å². The Morgan fingerprint density at radius 1 is 1.75 bits per heavy atom. The molecule has 1 aromatic heterocycles. The molecule has 3 N–H and O–H groups in total. The molecular formula is C7H10N2O3. The third kappa shape index (κ3) is 1.45. The Balaban J connectivity index is 3.09. The van der Waals surface area contributed by atoms with E-state index in [9.17, 15) is 4.79 Å². The summed E-state index contributed by atoms with van der Waals surface area (Å²) in [5, 5.41) is 9.03. The molecule has 0 radical (unpaired) electrons. The van der Waals surface area contributed by atoms with Gasteiger partial charge in [-0.2, -0.15) is 0 Å². The van der Waals surface area contributed by atoms with Gasteiger partial charge in [0.1, 0.15) is 11.9 Å². The molecule has 0 saturated carbocycles. The number of carbonyl (C=O) groups is 1. The molecule has 1 amide bonds. The van der Waals surface area contributed by atoms with E-state index in [1.165, 1.54) is 6.92 Å². The van der Waals surface area contributed by atoms with Gasteiger partial charge in [0, 0.05) is 0 Å². The van der Waals surface area contributed by atoms with Crippen molar-refractivity contribution < 1.29 is 14.3 Å². The van der Waals surface area contributed by atoms with Crippen LogP contribution in [0.15, 0.2) is 4.42 Å². The Morgan fingerprint density at radius 2 is 2.33 bits per heavy atom. The Morgan fingerprint density at radius 3 is 2.58 bits per heavy atom. The number of carbonyl (C=O) groups excluding carboxylic acids is 1. The SMILES string of the molecule is Cc1oc(C(C)O)nc1C(N)=O. The van der Waals surface area contributed by atoms with Crippen LogP contribution in [-0.2, 0) is 0 Å². The maximum Gasteiger partial charge on any atom is 0.270 e. The van der Waals surface area contributed by atoms with Crippen LogP contribution in [0.1, 0.15) is 35.2 Å². The first kappa shape index (κ1) is 8.73. The van der Waals surface area contributed by atoms with E-state index in [0.717, 1.165) is 0 Å². The first-order chi connectivity index (χ1) is 5.52. The zero-order chi connectivity index (χ0) is 9.30. The second-order valence-corrected chi connectivity index (χ2v) is 2.50. The Bertz CT molecular complexity index is 304. The summed E-state index contributed by atoms with van der Waals surface area (Å²) in [6.07, 6.45) is -0.822. The van der Waals surface area contributed by atoms with Crippen LogP contribution in [0.3, 0.4) is 0 Å². The summed E-state index contributed by atoms with van der Waals surface area (Å²) in [6, 6.07) is 0. The highest BCUT2D eigenvalue weighted by atomic mass is 16.4. The van der Waals surface area contributed by atoms with Crippen molar-refractivity contribution in [2.24, 2.45) is 5.73 Å². The summed E-state index contributed by atoms with van der Waals surface area (Å²) < 4.78 is 4.98. The number of aliphatic hydroxyl groups is 1. The van der Waals surface area contributed by atoms with Crippen LogP contribution in [0.5, 0.6) is 0 Å². The predicted octanol–water partition coefficient (Wildman–Crippen LogP) is 0.135. The lowest BCUT2D eigenvalue weighted by atomic mass is 10.3. The van der Waals surface area contributed by atoms with E-state index in [0.29, 0.717) is 5.76 Å². The fraction of sp³-hybridized carbons (Fsp3) is 0.429. The molecule has 0 spiro atoms. The van der Waals surface area contributed by atoms with Gasteiger partial charge >= 0.3 is 0 Å². The molecule has 0 aliphatic heterocycles. The lowest BCUT2D eigenvalue weighted by Crippen LogP contribution is -2.12. The lowest BCUT2D eigenvalue weighted by molar-refractivity contribution is 0.0994. The molecule has 0 aliphatic rings. The second kappa shape index (κ2) is 2.94. The highest BCUT2D eigenvalue weighted by Crippen LogP contribution is 2.15. The van der Waals surface area contributed by atoms with Gasteiger partial charge in [0.15, 0.2) is 5.69 Å². The molecule has 0 aliphatic carbocycles. The van der Waals surface area contributed by atoms with Gasteiger partial charge in [-0.1, -0.05) is 0 Å². The van der Waals surface area contributed by atoms with Gasteiger partial charge in [0.05, 0.1) is 0 Å². The second-order valence-electron chi connectivity index (χ2n) is 2.50. The summed E-state index contributed by atoms with van der Waals surface area (Å²) in [6.45, 7) is 3.06. The molecule has 1 heterocycles. The number of nitrogens with zero attached hydrogens (tertiary/aromatic N) is 1. The molecule has 0 saturated heterocycles. The Hall–Kier alpha value is -1.36. The van der Waals surface area contributed by atoms with Gasteiger partial charge < -0.3 is 15.3 Å². The molecule has 5 nitrogen and oxygen atoms in total. The maximum absolute atomic E-state index is 10.7. The van der Waals surface area contributed by atoms with E-state index >= 15 is 0 Å². The van der Waals surface area contributed by atoms with Crippen LogP contribution in [0.25, 0.3) is 0 Å². The van der Waals surface area contributed by atoms with E-state index in [1.54, 1.807) is 6.92 Å². The van der Waals surface area contributed by atoms with Crippen molar-refractivity contribution >= 4 is 5.91 Å². The quantitative estimate of drug-likeness (QED) is 0.660. The summed E-state index contributed by atoms with van der Waals surface area (Å²) >= 11 is 0. The van der Waals surface area contributed by atoms with Gasteiger partial charge in [-0.3, -0.25) is 4.79 Å². The zero-order valence-corrected chi connectivity index (χ0v) is 6.87. The molecule has 0 aromatic carbocycles. The first-order valence-electron chi connectivity index (χ1n) is 3.47. The van der Waals surface area contributed by atoms with Gasteiger partial charge in [-0.15, -0.1) is 0 Å². The fourth-order valence-electron chi connectivity index (χ4n) is 0.824. The van der Waals surface area contributed by atoms with E-state index in [-0.39, 0.29) is 11.6 Å². The maximum atomic E-state index is 10.7. The van der Waals surface area contributed by atoms with Crippen LogP contribution < -0.4 is 5.73 Å². The molecule has 1 atom stereocenters. The van der Waals surface area contributed by atoms with Gasteiger partial charge in [0.25, 0.3) is 5.91 Å². The topological polar surface area (TPSA) is 89.3 Å². The fourth-order valence-corrected chi connectivity index (χ4v) is 0.824. The largest absolute Gasteiger partial charge is 0.442 e.